The van der Waals surface area contributed by atoms with E-state index in [4.69, 9.17) is 4.74 Å². The molecule has 1 aromatic heterocycles. The number of nitrogens with zero attached hydrogens (tertiary/aromatic N) is 4. The number of nitriles is 1. The molecule has 65 heavy (non-hydrogen) atoms. The fraction of sp³-hybridized carbons (Fsp3) is 0.628. The SMILES string of the molecule is CC(C)C[C@@H]1NC(=O)[C@H](CC(C)C)N(C)C(=O)[C@H](CC(F)(F)F)NC(=O)[C@@H](CCC#N)OC(=O)[C@H](C)N(C)C(=O)[C@H](CCC(F)(F)F)NC(=O)[C@H](Cc2csc3ccccc23)N(C)C1=O. The Balaban J connectivity index is 2.30. The monoisotopic (exact) mass is 945 g/mol. The molecule has 360 valence electrons. The Labute approximate surface area is 377 Å². The molecule has 22 heteroatoms. The lowest BCUT2D eigenvalue weighted by molar-refractivity contribution is -0.166. The highest BCUT2D eigenvalue weighted by atomic mass is 32.1. The lowest BCUT2D eigenvalue weighted by Gasteiger charge is -2.35. The number of carbonyl (C=O) groups is 7. The molecule has 2 aromatic rings. The summed E-state index contributed by atoms with van der Waals surface area (Å²) in [5, 5.41) is 18.6. The van der Waals surface area contributed by atoms with Gasteiger partial charge in [0.25, 0.3) is 5.91 Å². The molecular weight excluding hydrogens is 889 g/mol. The molecule has 1 fully saturated rings. The highest BCUT2D eigenvalue weighted by molar-refractivity contribution is 7.17. The molecule has 0 bridgehead atoms. The number of rotatable bonds is 11. The number of halogens is 6. The number of hydrogen-bond donors (Lipinski definition) is 3. The fourth-order valence-corrected chi connectivity index (χ4v) is 8.23. The molecule has 0 unspecified atom stereocenters. The van der Waals surface area contributed by atoms with Gasteiger partial charge in [0.05, 0.1) is 12.5 Å². The van der Waals surface area contributed by atoms with Crippen molar-refractivity contribution >= 4 is 62.8 Å². The van der Waals surface area contributed by atoms with Gasteiger partial charge in [-0.15, -0.1) is 11.3 Å². The molecule has 7 atom stereocenters. The van der Waals surface area contributed by atoms with Crippen molar-refractivity contribution < 1.29 is 64.6 Å². The van der Waals surface area contributed by atoms with Crippen LogP contribution in [0.25, 0.3) is 10.1 Å². The molecule has 1 aromatic carbocycles. The molecule has 1 saturated heterocycles. The summed E-state index contributed by atoms with van der Waals surface area (Å²) in [7, 11) is 3.29. The zero-order valence-corrected chi connectivity index (χ0v) is 38.3. The van der Waals surface area contributed by atoms with Gasteiger partial charge in [-0.25, -0.2) is 4.79 Å². The van der Waals surface area contributed by atoms with E-state index in [-0.39, 0.29) is 31.1 Å². The van der Waals surface area contributed by atoms with Crippen molar-refractivity contribution in [2.24, 2.45) is 11.8 Å². The largest absolute Gasteiger partial charge is 0.451 e. The summed E-state index contributed by atoms with van der Waals surface area (Å²) in [6.07, 6.45) is -18.0. The van der Waals surface area contributed by atoms with E-state index in [1.54, 1.807) is 57.3 Å². The van der Waals surface area contributed by atoms with Gasteiger partial charge in [0.15, 0.2) is 6.10 Å². The molecule has 0 saturated carbocycles. The number of nitrogens with one attached hydrogen (secondary N) is 3. The number of carbonyl (C=O) groups excluding carboxylic acids is 7. The summed E-state index contributed by atoms with van der Waals surface area (Å²) < 4.78 is 89.5. The summed E-state index contributed by atoms with van der Waals surface area (Å²) in [4.78, 5) is 101. The number of cyclic esters (lactones) is 1. The zero-order chi connectivity index (χ0) is 49.1. The van der Waals surface area contributed by atoms with Crippen LogP contribution in [-0.2, 0) is 44.7 Å². The second-order valence-electron chi connectivity index (χ2n) is 17.1. The Bertz CT molecular complexity index is 2070. The van der Waals surface area contributed by atoms with Gasteiger partial charge in [0.1, 0.15) is 36.3 Å². The van der Waals surface area contributed by atoms with Crippen LogP contribution in [0.2, 0.25) is 0 Å². The normalized spacial score (nSPS) is 24.4. The van der Waals surface area contributed by atoms with Gasteiger partial charge in [0, 0.05) is 51.5 Å². The lowest BCUT2D eigenvalue weighted by atomic mass is 9.97. The maximum absolute atomic E-state index is 14.6. The first kappa shape index (κ1) is 53.9. The van der Waals surface area contributed by atoms with Gasteiger partial charge in [-0.05, 0) is 60.4 Å². The molecule has 1 aliphatic rings. The maximum Gasteiger partial charge on any atom is 0.391 e. The molecule has 0 radical (unpaired) electrons. The summed E-state index contributed by atoms with van der Waals surface area (Å²) in [6, 6.07) is -1.75. The first-order chi connectivity index (χ1) is 30.1. The fourth-order valence-electron chi connectivity index (χ4n) is 7.25. The van der Waals surface area contributed by atoms with Gasteiger partial charge >= 0.3 is 18.3 Å². The molecule has 6 amide bonds. The van der Waals surface area contributed by atoms with Crippen molar-refractivity contribution in [1.29, 1.82) is 5.26 Å². The average Bonchev–Trinajstić information content (AvgIpc) is 3.63. The van der Waals surface area contributed by atoms with Crippen LogP contribution in [0, 0.1) is 23.2 Å². The van der Waals surface area contributed by atoms with E-state index in [0.29, 0.717) is 20.7 Å². The minimum atomic E-state index is -5.08. The predicted molar refractivity (Wildman–Crippen MR) is 226 cm³/mol. The van der Waals surface area contributed by atoms with Gasteiger partial charge in [-0.2, -0.15) is 31.6 Å². The van der Waals surface area contributed by atoms with Crippen molar-refractivity contribution in [3.05, 3.63) is 35.2 Å². The van der Waals surface area contributed by atoms with Crippen molar-refractivity contribution in [2.45, 2.75) is 141 Å². The number of ether oxygens (including phenoxy) is 1. The van der Waals surface area contributed by atoms with E-state index in [0.717, 1.165) is 30.6 Å². The number of fused-ring (bicyclic) bond motifs is 1. The second-order valence-corrected chi connectivity index (χ2v) is 18.0. The van der Waals surface area contributed by atoms with E-state index in [1.807, 2.05) is 11.4 Å². The molecular formula is C43H57F6N7O8S. The summed E-state index contributed by atoms with van der Waals surface area (Å²) in [5.74, 6) is -8.97. The van der Waals surface area contributed by atoms with Crippen molar-refractivity contribution in [3.63, 3.8) is 0 Å². The van der Waals surface area contributed by atoms with Gasteiger partial charge < -0.3 is 35.4 Å². The van der Waals surface area contributed by atoms with Gasteiger partial charge in [-0.1, -0.05) is 45.9 Å². The number of esters is 1. The summed E-state index contributed by atoms with van der Waals surface area (Å²) in [6.45, 7) is 7.86. The van der Waals surface area contributed by atoms with Crippen LogP contribution >= 0.6 is 11.3 Å². The highest BCUT2D eigenvalue weighted by Gasteiger charge is 2.43. The number of thiophene rings is 1. The molecule has 0 spiro atoms. The minimum absolute atomic E-state index is 0.0586. The first-order valence-corrected chi connectivity index (χ1v) is 21.9. The van der Waals surface area contributed by atoms with Crippen LogP contribution in [0.1, 0.15) is 85.1 Å². The Morgan fingerprint density at radius 1 is 0.723 bits per heavy atom. The van der Waals surface area contributed by atoms with Gasteiger partial charge in [-0.3, -0.25) is 28.8 Å². The molecule has 3 rings (SSSR count). The Hall–Kier alpha value is -5.46. The average molecular weight is 946 g/mol. The highest BCUT2D eigenvalue weighted by Crippen LogP contribution is 2.29. The lowest BCUT2D eigenvalue weighted by Crippen LogP contribution is -2.60. The molecule has 2 heterocycles. The summed E-state index contributed by atoms with van der Waals surface area (Å²) >= 11 is 1.32. The topological polar surface area (TPSA) is 198 Å². The number of likely N-dealkylation sites (N-methyl/N-ethyl adjacent to an activating group) is 3. The van der Waals surface area contributed by atoms with Crippen LogP contribution in [0.5, 0.6) is 0 Å². The second kappa shape index (κ2) is 23.1. The quantitative estimate of drug-likeness (QED) is 0.205. The maximum atomic E-state index is 14.6. The minimum Gasteiger partial charge on any atom is -0.451 e. The molecule has 0 aliphatic carbocycles. The Morgan fingerprint density at radius 2 is 1.26 bits per heavy atom. The van der Waals surface area contributed by atoms with Crippen LogP contribution in [0.3, 0.4) is 0 Å². The third-order valence-electron chi connectivity index (χ3n) is 10.9. The number of amides is 6. The smallest absolute Gasteiger partial charge is 0.391 e. The summed E-state index contributed by atoms with van der Waals surface area (Å²) in [5.41, 5.74) is 0.562. The standard InChI is InChI=1S/C43H57F6N7O8S/c1-23(2)18-29-39(61)56(8)32(20-26-22-65-34-14-10-9-12-27(26)34)36(58)51-28(15-16-42(44,45)46)38(60)54(6)25(5)41(63)64-33(13-11-17-50)37(59)53-30(21-43(47,48)49)40(62)55(7)31(19-24(3)4)35(57)52-29/h9-10,12,14,22-25,28-33H,11,13,15-16,18-21H2,1-8H3,(H,51,58)(H,52,57)(H,53,59)/t25-,28-,29-,30-,31-,32-,33+/m0/s1. The predicted octanol–water partition coefficient (Wildman–Crippen LogP) is 5.02. The van der Waals surface area contributed by atoms with E-state index in [2.05, 4.69) is 10.6 Å². The van der Waals surface area contributed by atoms with Gasteiger partial charge in [0.2, 0.25) is 29.5 Å². The van der Waals surface area contributed by atoms with Crippen LogP contribution in [-0.4, -0.2) is 132 Å². The zero-order valence-electron chi connectivity index (χ0n) is 37.5. The van der Waals surface area contributed by atoms with E-state index in [9.17, 15) is 65.2 Å². The van der Waals surface area contributed by atoms with Crippen LogP contribution in [0.4, 0.5) is 26.3 Å². The number of benzene rings is 1. The molecule has 1 aliphatic heterocycles. The number of alkyl halides is 6. The van der Waals surface area contributed by atoms with E-state index in [1.165, 1.54) is 18.4 Å². The van der Waals surface area contributed by atoms with Crippen molar-refractivity contribution in [1.82, 2.24) is 30.7 Å². The van der Waals surface area contributed by atoms with Crippen LogP contribution in [0.15, 0.2) is 29.6 Å². The van der Waals surface area contributed by atoms with Crippen molar-refractivity contribution in [3.8, 4) is 6.07 Å². The van der Waals surface area contributed by atoms with Crippen molar-refractivity contribution in [2.75, 3.05) is 21.1 Å². The molecule has 15 nitrogen and oxygen atoms in total. The number of hydrogen-bond acceptors (Lipinski definition) is 10. The van der Waals surface area contributed by atoms with Crippen LogP contribution < -0.4 is 16.0 Å². The van der Waals surface area contributed by atoms with E-state index < -0.39 is 128 Å². The Kier molecular flexibility index (Phi) is 19.2. The Morgan fingerprint density at radius 3 is 1.85 bits per heavy atom. The first-order valence-electron chi connectivity index (χ1n) is 21.0. The third kappa shape index (κ3) is 15.6. The third-order valence-corrected chi connectivity index (χ3v) is 12.0. The molecule has 3 N–H and O–H groups in total. The van der Waals surface area contributed by atoms with E-state index >= 15 is 0 Å².